The van der Waals surface area contributed by atoms with E-state index in [4.69, 9.17) is 0 Å². The quantitative estimate of drug-likeness (QED) is 0.736. The van der Waals surface area contributed by atoms with Crippen molar-refractivity contribution in [1.82, 2.24) is 10.0 Å². The van der Waals surface area contributed by atoms with Crippen LogP contribution < -0.4 is 10.0 Å². The third-order valence-corrected chi connectivity index (χ3v) is 5.53. The number of nitrogens with one attached hydrogen (secondary N) is 2. The summed E-state index contributed by atoms with van der Waals surface area (Å²) >= 11 is 3.34. The molecule has 1 amide bonds. The van der Waals surface area contributed by atoms with Gasteiger partial charge in [-0.25, -0.2) is 13.1 Å². The van der Waals surface area contributed by atoms with Crippen LogP contribution in [-0.2, 0) is 10.0 Å². The van der Waals surface area contributed by atoms with Crippen LogP contribution in [0.2, 0.25) is 0 Å². The molecule has 0 bridgehead atoms. The minimum absolute atomic E-state index is 0.121. The minimum atomic E-state index is -3.58. The number of carbonyl (C=O) groups excluding carboxylic acids is 1. The lowest BCUT2D eigenvalue weighted by Crippen LogP contribution is -2.34. The van der Waals surface area contributed by atoms with Crippen LogP contribution in [0.25, 0.3) is 0 Å². The summed E-state index contributed by atoms with van der Waals surface area (Å²) < 4.78 is 27.7. The number of aryl methyl sites for hydroxylation is 1. The van der Waals surface area contributed by atoms with Gasteiger partial charge in [-0.3, -0.25) is 4.79 Å². The summed E-state index contributed by atoms with van der Waals surface area (Å²) in [5.41, 5.74) is 1.38. The van der Waals surface area contributed by atoms with Crippen LogP contribution in [-0.4, -0.2) is 27.4 Å². The molecule has 0 unspecified atom stereocenters. The molecule has 7 heteroatoms. The van der Waals surface area contributed by atoms with Gasteiger partial charge >= 0.3 is 0 Å². The van der Waals surface area contributed by atoms with Crippen LogP contribution in [0.15, 0.2) is 57.9 Å². The Morgan fingerprint density at radius 2 is 1.78 bits per heavy atom. The van der Waals surface area contributed by atoms with Gasteiger partial charge in [0.2, 0.25) is 10.0 Å². The number of halogens is 1. The van der Waals surface area contributed by atoms with Crippen molar-refractivity contribution in [1.29, 1.82) is 0 Å². The third kappa shape index (κ3) is 4.89. The lowest BCUT2D eigenvalue weighted by molar-refractivity contribution is 0.0954. The van der Waals surface area contributed by atoms with Crippen LogP contribution in [0.5, 0.6) is 0 Å². The lowest BCUT2D eigenvalue weighted by atomic mass is 10.2. The second kappa shape index (κ2) is 7.72. The Balaban J connectivity index is 1.88. The van der Waals surface area contributed by atoms with Gasteiger partial charge in [0.15, 0.2) is 0 Å². The molecule has 122 valence electrons. The fourth-order valence-electron chi connectivity index (χ4n) is 1.92. The van der Waals surface area contributed by atoms with Crippen LogP contribution >= 0.6 is 15.9 Å². The molecule has 0 aromatic heterocycles. The van der Waals surface area contributed by atoms with Gasteiger partial charge in [0.25, 0.3) is 5.91 Å². The molecular weight excluding hydrogens is 380 g/mol. The second-order valence-corrected chi connectivity index (χ2v) is 7.55. The van der Waals surface area contributed by atoms with Gasteiger partial charge in [0.1, 0.15) is 0 Å². The van der Waals surface area contributed by atoms with Gasteiger partial charge in [-0.15, -0.1) is 0 Å². The van der Waals surface area contributed by atoms with Crippen molar-refractivity contribution in [2.24, 2.45) is 0 Å². The topological polar surface area (TPSA) is 75.3 Å². The molecule has 0 saturated carbocycles. The summed E-state index contributed by atoms with van der Waals surface area (Å²) in [6, 6.07) is 13.6. The Morgan fingerprint density at radius 3 is 2.43 bits per heavy atom. The van der Waals surface area contributed by atoms with Gasteiger partial charge in [-0.05, 0) is 42.8 Å². The van der Waals surface area contributed by atoms with Gasteiger partial charge in [-0.2, -0.15) is 0 Å². The maximum absolute atomic E-state index is 12.2. The summed E-state index contributed by atoms with van der Waals surface area (Å²) in [6.45, 7) is 2.15. The van der Waals surface area contributed by atoms with E-state index in [-0.39, 0.29) is 23.9 Å². The molecule has 0 aliphatic rings. The summed E-state index contributed by atoms with van der Waals surface area (Å²) in [4.78, 5) is 12.0. The first-order chi connectivity index (χ1) is 10.9. The monoisotopic (exact) mass is 396 g/mol. The molecule has 0 radical (unpaired) electrons. The van der Waals surface area contributed by atoms with E-state index in [1.807, 2.05) is 13.0 Å². The fourth-order valence-corrected chi connectivity index (χ4v) is 3.28. The zero-order chi connectivity index (χ0) is 16.9. The molecule has 2 aromatic carbocycles. The molecule has 23 heavy (non-hydrogen) atoms. The number of sulfonamides is 1. The molecule has 0 aliphatic carbocycles. The first-order valence-electron chi connectivity index (χ1n) is 6.99. The van der Waals surface area contributed by atoms with Gasteiger partial charge < -0.3 is 5.32 Å². The number of carbonyl (C=O) groups is 1. The first kappa shape index (κ1) is 17.7. The van der Waals surface area contributed by atoms with E-state index in [2.05, 4.69) is 26.0 Å². The van der Waals surface area contributed by atoms with E-state index in [1.54, 1.807) is 36.4 Å². The number of hydrogen-bond donors (Lipinski definition) is 2. The van der Waals surface area contributed by atoms with Crippen LogP contribution in [0.1, 0.15) is 15.9 Å². The lowest BCUT2D eigenvalue weighted by Gasteiger charge is -2.09. The van der Waals surface area contributed by atoms with Gasteiger partial charge in [-0.1, -0.05) is 34.1 Å². The van der Waals surface area contributed by atoms with Crippen molar-refractivity contribution >= 4 is 31.9 Å². The first-order valence-corrected chi connectivity index (χ1v) is 9.27. The van der Waals surface area contributed by atoms with Gasteiger partial charge in [0, 0.05) is 23.1 Å². The fraction of sp³-hybridized carbons (Fsp3) is 0.188. The molecule has 0 heterocycles. The smallest absolute Gasteiger partial charge is 0.251 e. The zero-order valence-corrected chi connectivity index (χ0v) is 14.9. The molecule has 2 aromatic rings. The van der Waals surface area contributed by atoms with E-state index >= 15 is 0 Å². The number of hydrogen-bond acceptors (Lipinski definition) is 3. The van der Waals surface area contributed by atoms with Crippen molar-refractivity contribution in [2.45, 2.75) is 11.8 Å². The molecule has 0 atom stereocenters. The standard InChI is InChI=1S/C16H17BrN2O3S/c1-12-11-14(7-8-15(12)17)23(21,22)19-10-9-18-16(20)13-5-3-2-4-6-13/h2-8,11,19H,9-10H2,1H3,(H,18,20). The second-order valence-electron chi connectivity index (χ2n) is 4.93. The molecule has 0 saturated heterocycles. The molecule has 0 aliphatic heterocycles. The maximum Gasteiger partial charge on any atom is 0.251 e. The van der Waals surface area contributed by atoms with Crippen LogP contribution in [0.4, 0.5) is 0 Å². The molecular formula is C16H17BrN2O3S. The Kier molecular flexibility index (Phi) is 5.92. The van der Waals surface area contributed by atoms with E-state index in [1.165, 1.54) is 6.07 Å². The summed E-state index contributed by atoms with van der Waals surface area (Å²) in [6.07, 6.45) is 0. The van der Waals surface area contributed by atoms with Crippen molar-refractivity contribution < 1.29 is 13.2 Å². The Hall–Kier alpha value is -1.70. The summed E-state index contributed by atoms with van der Waals surface area (Å²) in [5.74, 6) is -0.232. The van der Waals surface area contributed by atoms with Crippen LogP contribution in [0.3, 0.4) is 0 Å². The molecule has 2 rings (SSSR count). The highest BCUT2D eigenvalue weighted by Gasteiger charge is 2.14. The van der Waals surface area contributed by atoms with E-state index < -0.39 is 10.0 Å². The predicted molar refractivity (Wildman–Crippen MR) is 92.8 cm³/mol. The highest BCUT2D eigenvalue weighted by atomic mass is 79.9. The van der Waals surface area contributed by atoms with E-state index in [0.29, 0.717) is 5.56 Å². The summed E-state index contributed by atoms with van der Waals surface area (Å²) in [7, 11) is -3.58. The molecule has 5 nitrogen and oxygen atoms in total. The van der Waals surface area contributed by atoms with Crippen molar-refractivity contribution in [3.63, 3.8) is 0 Å². The number of rotatable bonds is 6. The summed E-state index contributed by atoms with van der Waals surface area (Å²) in [5, 5.41) is 2.67. The highest BCUT2D eigenvalue weighted by molar-refractivity contribution is 9.10. The molecule has 0 fully saturated rings. The average molecular weight is 397 g/mol. The maximum atomic E-state index is 12.2. The third-order valence-electron chi connectivity index (χ3n) is 3.18. The largest absolute Gasteiger partial charge is 0.351 e. The van der Waals surface area contributed by atoms with Crippen LogP contribution in [0, 0.1) is 6.92 Å². The van der Waals surface area contributed by atoms with E-state index in [9.17, 15) is 13.2 Å². The normalized spacial score (nSPS) is 11.2. The van der Waals surface area contributed by atoms with E-state index in [0.717, 1.165) is 10.0 Å². The minimum Gasteiger partial charge on any atom is -0.351 e. The van der Waals surface area contributed by atoms with Crippen molar-refractivity contribution in [2.75, 3.05) is 13.1 Å². The Labute approximate surface area is 144 Å². The predicted octanol–water partition coefficient (Wildman–Crippen LogP) is 2.47. The SMILES string of the molecule is Cc1cc(S(=O)(=O)NCCNC(=O)c2ccccc2)ccc1Br. The number of benzene rings is 2. The molecule has 0 spiro atoms. The highest BCUT2D eigenvalue weighted by Crippen LogP contribution is 2.19. The van der Waals surface area contributed by atoms with Crippen molar-refractivity contribution in [3.05, 3.63) is 64.1 Å². The van der Waals surface area contributed by atoms with Crippen molar-refractivity contribution in [3.8, 4) is 0 Å². The van der Waals surface area contributed by atoms with Gasteiger partial charge in [0.05, 0.1) is 4.90 Å². The Bertz CT molecular complexity index is 792. The molecule has 2 N–H and O–H groups in total. The average Bonchev–Trinajstić information content (AvgIpc) is 2.54. The zero-order valence-electron chi connectivity index (χ0n) is 12.5. The Morgan fingerprint density at radius 1 is 1.09 bits per heavy atom. The number of amides is 1.